The van der Waals surface area contributed by atoms with Gasteiger partial charge in [0.05, 0.1) is 12.0 Å². The molecule has 0 unspecified atom stereocenters. The predicted octanol–water partition coefficient (Wildman–Crippen LogP) is 7.01. The fourth-order valence-electron chi connectivity index (χ4n) is 3.62. The van der Waals surface area contributed by atoms with E-state index in [4.69, 9.17) is 4.42 Å². The highest BCUT2D eigenvalue weighted by atomic mass is 33.1. The number of furan rings is 1. The van der Waals surface area contributed by atoms with Crippen molar-refractivity contribution in [3.63, 3.8) is 0 Å². The molecule has 0 amide bonds. The first-order valence-corrected chi connectivity index (χ1v) is 12.5. The van der Waals surface area contributed by atoms with Gasteiger partial charge < -0.3 is 4.42 Å². The molecule has 0 atom stereocenters. The van der Waals surface area contributed by atoms with E-state index in [0.717, 1.165) is 16.7 Å². The first-order valence-electron chi connectivity index (χ1n) is 10.2. The van der Waals surface area contributed by atoms with Gasteiger partial charge in [-0.1, -0.05) is 69.1 Å². The summed E-state index contributed by atoms with van der Waals surface area (Å²) in [6.07, 6.45) is 18.0. The van der Waals surface area contributed by atoms with Crippen LogP contribution < -0.4 is 0 Å². The molecule has 0 radical (unpaired) electrons. The molecule has 1 fully saturated rings. The lowest BCUT2D eigenvalue weighted by Gasteiger charge is -2.21. The van der Waals surface area contributed by atoms with Crippen LogP contribution in [0.3, 0.4) is 0 Å². The molecule has 0 saturated heterocycles. The van der Waals surface area contributed by atoms with Gasteiger partial charge in [-0.25, -0.2) is 0 Å². The summed E-state index contributed by atoms with van der Waals surface area (Å²) in [7, 11) is 3.67. The Hall–Kier alpha value is -0.880. The standard InChI is InChI=1S/C20H31N3OS2/c1-2-3-4-5-6-10-15-25-26-20-22-21-19(17-11-8-7-9-12-17)23(20)18-13-14-24-16-18/h13-14,16-17H,2-12,15H2,1H3. The molecule has 0 bridgehead atoms. The van der Waals surface area contributed by atoms with Crippen molar-refractivity contribution in [1.29, 1.82) is 0 Å². The van der Waals surface area contributed by atoms with Crippen molar-refractivity contribution in [2.75, 3.05) is 5.75 Å². The molecule has 26 heavy (non-hydrogen) atoms. The van der Waals surface area contributed by atoms with Crippen molar-refractivity contribution in [1.82, 2.24) is 14.8 Å². The average molecular weight is 394 g/mol. The van der Waals surface area contributed by atoms with Crippen molar-refractivity contribution < 1.29 is 4.42 Å². The van der Waals surface area contributed by atoms with Crippen LogP contribution in [0.25, 0.3) is 5.69 Å². The van der Waals surface area contributed by atoms with E-state index in [1.54, 1.807) is 23.3 Å². The highest BCUT2D eigenvalue weighted by Crippen LogP contribution is 2.38. The minimum atomic E-state index is 0.532. The fraction of sp³-hybridized carbons (Fsp3) is 0.700. The van der Waals surface area contributed by atoms with Gasteiger partial charge in [0.15, 0.2) is 0 Å². The van der Waals surface area contributed by atoms with Crippen molar-refractivity contribution in [2.45, 2.75) is 88.6 Å². The monoisotopic (exact) mass is 393 g/mol. The summed E-state index contributed by atoms with van der Waals surface area (Å²) in [6, 6.07) is 2.01. The molecular weight excluding hydrogens is 362 g/mol. The van der Waals surface area contributed by atoms with Crippen molar-refractivity contribution in [3.05, 3.63) is 24.4 Å². The minimum Gasteiger partial charge on any atom is -0.470 e. The molecule has 2 aromatic heterocycles. The van der Waals surface area contributed by atoms with Crippen molar-refractivity contribution >= 4 is 21.6 Å². The van der Waals surface area contributed by atoms with E-state index < -0.39 is 0 Å². The Balaban J connectivity index is 1.56. The molecule has 2 heterocycles. The van der Waals surface area contributed by atoms with Crippen LogP contribution >= 0.6 is 21.6 Å². The highest BCUT2D eigenvalue weighted by Gasteiger charge is 2.24. The Morgan fingerprint density at radius 1 is 1.08 bits per heavy atom. The second-order valence-electron chi connectivity index (χ2n) is 7.17. The van der Waals surface area contributed by atoms with E-state index in [1.807, 2.05) is 16.9 Å². The van der Waals surface area contributed by atoms with E-state index in [1.165, 1.54) is 76.4 Å². The van der Waals surface area contributed by atoms with E-state index >= 15 is 0 Å². The molecule has 3 rings (SSSR count). The lowest BCUT2D eigenvalue weighted by Crippen LogP contribution is -2.11. The first kappa shape index (κ1) is 19.9. The average Bonchev–Trinajstić information content (AvgIpc) is 3.34. The first-order chi connectivity index (χ1) is 12.9. The van der Waals surface area contributed by atoms with Crippen LogP contribution in [0.1, 0.15) is 89.3 Å². The number of hydrogen-bond acceptors (Lipinski definition) is 5. The molecule has 1 aliphatic carbocycles. The van der Waals surface area contributed by atoms with Crippen LogP contribution in [0, 0.1) is 0 Å². The van der Waals surface area contributed by atoms with Crippen LogP contribution in [0.2, 0.25) is 0 Å². The van der Waals surface area contributed by atoms with Gasteiger partial charge in [0, 0.05) is 17.7 Å². The van der Waals surface area contributed by atoms with Gasteiger partial charge in [-0.15, -0.1) is 10.2 Å². The summed E-state index contributed by atoms with van der Waals surface area (Å²) in [4.78, 5) is 0. The van der Waals surface area contributed by atoms with Gasteiger partial charge >= 0.3 is 0 Å². The molecule has 4 nitrogen and oxygen atoms in total. The summed E-state index contributed by atoms with van der Waals surface area (Å²) < 4.78 is 7.55. The molecule has 1 aliphatic rings. The highest BCUT2D eigenvalue weighted by molar-refractivity contribution is 8.76. The SMILES string of the molecule is CCCCCCCCSSc1nnc(C2CCCCC2)n1-c1ccoc1. The van der Waals surface area contributed by atoms with Gasteiger partial charge in [-0.2, -0.15) is 0 Å². The van der Waals surface area contributed by atoms with Crippen LogP contribution in [0.15, 0.2) is 28.2 Å². The summed E-state index contributed by atoms with van der Waals surface area (Å²) >= 11 is 0. The van der Waals surface area contributed by atoms with Crippen LogP contribution in [0.4, 0.5) is 0 Å². The Bertz CT molecular complexity index is 621. The summed E-state index contributed by atoms with van der Waals surface area (Å²) in [5.41, 5.74) is 1.05. The topological polar surface area (TPSA) is 43.9 Å². The maximum Gasteiger partial charge on any atom is 0.206 e. The van der Waals surface area contributed by atoms with Crippen LogP contribution in [0.5, 0.6) is 0 Å². The quantitative estimate of drug-likeness (QED) is 0.303. The third-order valence-corrected chi connectivity index (χ3v) is 7.40. The zero-order valence-corrected chi connectivity index (χ0v) is 17.5. The smallest absolute Gasteiger partial charge is 0.206 e. The Kier molecular flexibility index (Phi) is 8.46. The Morgan fingerprint density at radius 3 is 2.65 bits per heavy atom. The minimum absolute atomic E-state index is 0.532. The second-order valence-corrected chi connectivity index (χ2v) is 9.55. The molecule has 6 heteroatoms. The lowest BCUT2D eigenvalue weighted by atomic mass is 9.88. The Morgan fingerprint density at radius 2 is 1.88 bits per heavy atom. The zero-order chi connectivity index (χ0) is 18.0. The predicted molar refractivity (Wildman–Crippen MR) is 111 cm³/mol. The molecule has 144 valence electrons. The van der Waals surface area contributed by atoms with E-state index in [2.05, 4.69) is 21.7 Å². The van der Waals surface area contributed by atoms with Gasteiger partial charge in [0.25, 0.3) is 0 Å². The second kappa shape index (κ2) is 11.1. The van der Waals surface area contributed by atoms with Gasteiger partial charge in [0.2, 0.25) is 5.16 Å². The summed E-state index contributed by atoms with van der Waals surface area (Å²) in [5, 5.41) is 10.1. The molecular formula is C20H31N3OS2. The summed E-state index contributed by atoms with van der Waals surface area (Å²) in [6.45, 7) is 2.27. The third kappa shape index (κ3) is 5.56. The number of rotatable bonds is 11. The normalized spacial score (nSPS) is 15.6. The maximum atomic E-state index is 5.33. The van der Waals surface area contributed by atoms with E-state index in [9.17, 15) is 0 Å². The maximum absolute atomic E-state index is 5.33. The largest absolute Gasteiger partial charge is 0.470 e. The van der Waals surface area contributed by atoms with Crippen molar-refractivity contribution in [2.24, 2.45) is 0 Å². The number of hydrogen-bond donors (Lipinski definition) is 0. The van der Waals surface area contributed by atoms with Gasteiger partial charge in [-0.05, 0) is 30.1 Å². The molecule has 0 aliphatic heterocycles. The third-order valence-electron chi connectivity index (χ3n) is 5.11. The zero-order valence-electron chi connectivity index (χ0n) is 15.9. The molecule has 2 aromatic rings. The molecule has 0 N–H and O–H groups in total. The molecule has 0 spiro atoms. The molecule has 0 aromatic carbocycles. The van der Waals surface area contributed by atoms with E-state index in [-0.39, 0.29) is 0 Å². The molecule has 1 saturated carbocycles. The lowest BCUT2D eigenvalue weighted by molar-refractivity contribution is 0.423. The fourth-order valence-corrected chi connectivity index (χ4v) is 5.73. The Labute approximate surface area is 165 Å². The van der Waals surface area contributed by atoms with E-state index in [0.29, 0.717) is 5.92 Å². The van der Waals surface area contributed by atoms with Crippen LogP contribution in [-0.2, 0) is 0 Å². The number of nitrogens with zero attached hydrogens (tertiary/aromatic N) is 3. The van der Waals surface area contributed by atoms with Gasteiger partial charge in [0.1, 0.15) is 12.1 Å². The van der Waals surface area contributed by atoms with Gasteiger partial charge in [-0.3, -0.25) is 4.57 Å². The summed E-state index contributed by atoms with van der Waals surface area (Å²) in [5.74, 6) is 2.83. The number of unbranched alkanes of at least 4 members (excludes halogenated alkanes) is 5. The van der Waals surface area contributed by atoms with Crippen molar-refractivity contribution in [3.8, 4) is 5.69 Å². The van der Waals surface area contributed by atoms with Crippen LogP contribution in [-0.4, -0.2) is 20.5 Å². The number of aromatic nitrogens is 3.